The monoisotopic (exact) mass is 396 g/mol. The van der Waals surface area contributed by atoms with Crippen LogP contribution in [0.2, 0.25) is 0 Å². The summed E-state index contributed by atoms with van der Waals surface area (Å²) in [5, 5.41) is 3.12. The van der Waals surface area contributed by atoms with Crippen LogP contribution in [0.3, 0.4) is 0 Å². The summed E-state index contributed by atoms with van der Waals surface area (Å²) >= 11 is 1.65. The summed E-state index contributed by atoms with van der Waals surface area (Å²) in [7, 11) is 0. The largest absolute Gasteiger partial charge is 0.378 e. The molecule has 7 heteroatoms. The van der Waals surface area contributed by atoms with E-state index in [2.05, 4.69) is 34.1 Å². The van der Waals surface area contributed by atoms with E-state index in [-0.39, 0.29) is 24.0 Å². The van der Waals surface area contributed by atoms with Gasteiger partial charge >= 0.3 is 0 Å². The highest BCUT2D eigenvalue weighted by molar-refractivity contribution is 14.0. The van der Waals surface area contributed by atoms with Crippen LogP contribution in [0.1, 0.15) is 30.5 Å². The Morgan fingerprint density at radius 2 is 2.21 bits per heavy atom. The van der Waals surface area contributed by atoms with E-state index in [1.165, 1.54) is 0 Å². The highest BCUT2D eigenvalue weighted by Gasteiger charge is 2.12. The number of hydrogen-bond donors (Lipinski definition) is 1. The summed E-state index contributed by atoms with van der Waals surface area (Å²) in [5.74, 6) is 1.06. The summed E-state index contributed by atoms with van der Waals surface area (Å²) in [4.78, 5) is 11.0. The second-order valence-electron chi connectivity index (χ2n) is 4.59. The van der Waals surface area contributed by atoms with Crippen molar-refractivity contribution in [3.8, 4) is 0 Å². The lowest BCUT2D eigenvalue weighted by Gasteiger charge is -2.27. The van der Waals surface area contributed by atoms with Crippen molar-refractivity contribution < 1.29 is 4.74 Å². The normalized spacial score (nSPS) is 16.6. The fraction of sp³-hybridized carbons (Fsp3) is 0.667. The molecule has 2 heterocycles. The maximum atomic E-state index is 5.96. The van der Waals surface area contributed by atoms with Gasteiger partial charge < -0.3 is 15.4 Å². The Morgan fingerprint density at radius 3 is 2.79 bits per heavy atom. The first-order chi connectivity index (χ1) is 8.66. The van der Waals surface area contributed by atoms with Gasteiger partial charge in [0.15, 0.2) is 5.96 Å². The van der Waals surface area contributed by atoms with Gasteiger partial charge in [-0.2, -0.15) is 0 Å². The Bertz CT molecular complexity index is 416. The number of hydrogen-bond acceptors (Lipinski definition) is 4. The number of aliphatic imine (C=N–C) groups is 1. The van der Waals surface area contributed by atoms with Crippen LogP contribution < -0.4 is 5.73 Å². The number of morpholine rings is 1. The molecule has 0 unspecified atom stereocenters. The first-order valence-electron chi connectivity index (χ1n) is 6.23. The van der Waals surface area contributed by atoms with Crippen LogP contribution in [0, 0.1) is 0 Å². The van der Waals surface area contributed by atoms with Gasteiger partial charge in [-0.3, -0.25) is 0 Å². The average Bonchev–Trinajstić information content (AvgIpc) is 2.86. The molecular weight excluding hydrogens is 375 g/mol. The lowest BCUT2D eigenvalue weighted by molar-refractivity contribution is 0.0674. The van der Waals surface area contributed by atoms with Gasteiger partial charge in [0, 0.05) is 18.5 Å². The standard InChI is InChI=1S/C12H20N4OS.HI/c1-9(2)10-8-18-11(15-10)7-14-12(13)16-3-5-17-6-4-16;/h8-9H,3-7H2,1-2H3,(H2,13,14);1H. The summed E-state index contributed by atoms with van der Waals surface area (Å²) in [6.45, 7) is 7.96. The van der Waals surface area contributed by atoms with Gasteiger partial charge in [0.1, 0.15) is 5.01 Å². The molecule has 0 bridgehead atoms. The molecule has 1 aromatic heterocycles. The fourth-order valence-corrected chi connectivity index (χ4v) is 2.58. The zero-order valence-electron chi connectivity index (χ0n) is 11.3. The Balaban J connectivity index is 0.00000180. The topological polar surface area (TPSA) is 63.7 Å². The number of nitrogens with zero attached hydrogens (tertiary/aromatic N) is 3. The predicted molar refractivity (Wildman–Crippen MR) is 89.3 cm³/mol. The number of aromatic nitrogens is 1. The zero-order valence-corrected chi connectivity index (χ0v) is 14.5. The van der Waals surface area contributed by atoms with Gasteiger partial charge in [-0.1, -0.05) is 13.8 Å². The molecule has 0 aromatic carbocycles. The molecule has 1 aliphatic heterocycles. The number of rotatable bonds is 3. The van der Waals surface area contributed by atoms with Gasteiger partial charge in [0.2, 0.25) is 0 Å². The van der Waals surface area contributed by atoms with E-state index in [0.29, 0.717) is 18.4 Å². The Hall–Kier alpha value is -0.410. The van der Waals surface area contributed by atoms with E-state index in [1.54, 1.807) is 11.3 Å². The first-order valence-corrected chi connectivity index (χ1v) is 7.11. The molecule has 0 saturated carbocycles. The summed E-state index contributed by atoms with van der Waals surface area (Å²) in [6.07, 6.45) is 0. The van der Waals surface area contributed by atoms with Crippen LogP contribution in [0.25, 0.3) is 0 Å². The molecule has 1 saturated heterocycles. The van der Waals surface area contributed by atoms with Crippen molar-refractivity contribution in [2.75, 3.05) is 26.3 Å². The molecule has 1 aromatic rings. The van der Waals surface area contributed by atoms with Gasteiger partial charge in [0.25, 0.3) is 0 Å². The number of thiazole rings is 1. The van der Waals surface area contributed by atoms with E-state index in [4.69, 9.17) is 10.5 Å². The summed E-state index contributed by atoms with van der Waals surface area (Å²) in [6, 6.07) is 0. The molecule has 0 amide bonds. The SMILES string of the molecule is CC(C)c1csc(CN=C(N)N2CCOCC2)n1.I. The summed E-state index contributed by atoms with van der Waals surface area (Å²) < 4.78 is 5.28. The van der Waals surface area contributed by atoms with E-state index >= 15 is 0 Å². The number of halogens is 1. The Kier molecular flexibility index (Phi) is 7.01. The van der Waals surface area contributed by atoms with E-state index in [1.807, 2.05) is 0 Å². The van der Waals surface area contributed by atoms with Crippen molar-refractivity contribution in [3.05, 3.63) is 16.1 Å². The molecule has 0 radical (unpaired) electrons. The highest BCUT2D eigenvalue weighted by atomic mass is 127. The third-order valence-electron chi connectivity index (χ3n) is 2.87. The maximum absolute atomic E-state index is 5.96. The zero-order chi connectivity index (χ0) is 13.0. The third kappa shape index (κ3) is 4.88. The molecule has 108 valence electrons. The molecule has 1 aliphatic rings. The van der Waals surface area contributed by atoms with Gasteiger partial charge in [-0.25, -0.2) is 9.98 Å². The molecule has 1 fully saturated rings. The number of nitrogens with two attached hydrogens (primary N) is 1. The van der Waals surface area contributed by atoms with Gasteiger partial charge in [-0.15, -0.1) is 35.3 Å². The van der Waals surface area contributed by atoms with Crippen LogP contribution in [-0.4, -0.2) is 42.1 Å². The first kappa shape index (κ1) is 16.6. The van der Waals surface area contributed by atoms with Crippen molar-refractivity contribution in [1.29, 1.82) is 0 Å². The van der Waals surface area contributed by atoms with E-state index < -0.39 is 0 Å². The molecule has 0 aliphatic carbocycles. The van der Waals surface area contributed by atoms with Crippen molar-refractivity contribution in [2.45, 2.75) is 26.3 Å². The minimum absolute atomic E-state index is 0. The lowest BCUT2D eigenvalue weighted by Crippen LogP contribution is -2.44. The third-order valence-corrected chi connectivity index (χ3v) is 3.72. The number of ether oxygens (including phenoxy) is 1. The quantitative estimate of drug-likeness (QED) is 0.483. The van der Waals surface area contributed by atoms with E-state index in [9.17, 15) is 0 Å². The molecule has 0 spiro atoms. The van der Waals surface area contributed by atoms with Gasteiger partial charge in [-0.05, 0) is 5.92 Å². The molecule has 0 atom stereocenters. The van der Waals surface area contributed by atoms with Crippen molar-refractivity contribution in [2.24, 2.45) is 10.7 Å². The van der Waals surface area contributed by atoms with Crippen molar-refractivity contribution in [3.63, 3.8) is 0 Å². The summed E-state index contributed by atoms with van der Waals surface area (Å²) in [5.41, 5.74) is 7.09. The van der Waals surface area contributed by atoms with Crippen molar-refractivity contribution in [1.82, 2.24) is 9.88 Å². The second kappa shape index (κ2) is 8.01. The Labute approximate surface area is 135 Å². The van der Waals surface area contributed by atoms with E-state index in [0.717, 1.165) is 37.0 Å². The minimum Gasteiger partial charge on any atom is -0.378 e. The van der Waals surface area contributed by atoms with Crippen molar-refractivity contribution >= 4 is 41.3 Å². The molecule has 19 heavy (non-hydrogen) atoms. The highest BCUT2D eigenvalue weighted by Crippen LogP contribution is 2.18. The van der Waals surface area contributed by atoms with Crippen LogP contribution >= 0.6 is 35.3 Å². The Morgan fingerprint density at radius 1 is 1.53 bits per heavy atom. The molecule has 2 rings (SSSR count). The second-order valence-corrected chi connectivity index (χ2v) is 5.54. The molecular formula is C12H21IN4OS. The van der Waals surface area contributed by atoms with Crippen LogP contribution in [0.5, 0.6) is 0 Å². The number of guanidine groups is 1. The molecule has 5 nitrogen and oxygen atoms in total. The molecule has 2 N–H and O–H groups in total. The van der Waals surface area contributed by atoms with Gasteiger partial charge in [0.05, 0.1) is 25.5 Å². The van der Waals surface area contributed by atoms with Crippen LogP contribution in [-0.2, 0) is 11.3 Å². The van der Waals surface area contributed by atoms with Crippen LogP contribution in [0.15, 0.2) is 10.4 Å². The fourth-order valence-electron chi connectivity index (χ4n) is 1.70. The smallest absolute Gasteiger partial charge is 0.191 e. The average molecular weight is 396 g/mol. The lowest BCUT2D eigenvalue weighted by atomic mass is 10.2. The predicted octanol–water partition coefficient (Wildman–Crippen LogP) is 2.03. The minimum atomic E-state index is 0. The van der Waals surface area contributed by atoms with Crippen LogP contribution in [0.4, 0.5) is 0 Å². The maximum Gasteiger partial charge on any atom is 0.191 e.